The van der Waals surface area contributed by atoms with Gasteiger partial charge in [-0.1, -0.05) is 37.3 Å². The van der Waals surface area contributed by atoms with E-state index in [9.17, 15) is 0 Å². The first-order valence-corrected chi connectivity index (χ1v) is 3.50. The van der Waals surface area contributed by atoms with E-state index in [4.69, 9.17) is 0 Å². The topological polar surface area (TPSA) is 0 Å². The fourth-order valence-corrected chi connectivity index (χ4v) is 0.302. The summed E-state index contributed by atoms with van der Waals surface area (Å²) in [5.74, 6) is 0. The SMILES string of the molecule is C=C(C)C(=C)CC.C=CC. The zero-order chi connectivity index (χ0) is 8.57. The van der Waals surface area contributed by atoms with E-state index in [0.29, 0.717) is 0 Å². The minimum atomic E-state index is 1.02. The summed E-state index contributed by atoms with van der Waals surface area (Å²) in [6.07, 6.45) is 2.77. The summed E-state index contributed by atoms with van der Waals surface area (Å²) < 4.78 is 0. The van der Waals surface area contributed by atoms with E-state index < -0.39 is 0 Å². The second-order valence-electron chi connectivity index (χ2n) is 2.15. The van der Waals surface area contributed by atoms with Crippen molar-refractivity contribution in [2.24, 2.45) is 0 Å². The Balaban J connectivity index is 0. The molecule has 10 heavy (non-hydrogen) atoms. The van der Waals surface area contributed by atoms with Gasteiger partial charge in [0.15, 0.2) is 0 Å². The van der Waals surface area contributed by atoms with Gasteiger partial charge in [-0.25, -0.2) is 0 Å². The minimum absolute atomic E-state index is 1.02. The standard InChI is InChI=1S/C7H12.C3H6/c1-5-7(4)6(2)3;1-3-2/h2,4-5H2,1,3H3;3H,1H2,2H3. The molecule has 0 aliphatic rings. The van der Waals surface area contributed by atoms with Crippen molar-refractivity contribution in [3.63, 3.8) is 0 Å². The lowest BCUT2D eigenvalue weighted by Gasteiger charge is -1.95. The van der Waals surface area contributed by atoms with Crippen LogP contribution in [0.3, 0.4) is 0 Å². The Morgan fingerprint density at radius 1 is 1.40 bits per heavy atom. The molecule has 0 aliphatic heterocycles. The van der Waals surface area contributed by atoms with Crippen LogP contribution in [0, 0.1) is 0 Å². The quantitative estimate of drug-likeness (QED) is 0.403. The first kappa shape index (κ1) is 12.0. The fourth-order valence-electron chi connectivity index (χ4n) is 0.302. The first-order chi connectivity index (χ1) is 4.59. The second kappa shape index (κ2) is 8.22. The van der Waals surface area contributed by atoms with E-state index in [2.05, 4.69) is 26.7 Å². The van der Waals surface area contributed by atoms with Crippen LogP contribution in [0.15, 0.2) is 37.0 Å². The van der Waals surface area contributed by atoms with Crippen LogP contribution in [0.1, 0.15) is 27.2 Å². The molecule has 0 atom stereocenters. The Morgan fingerprint density at radius 3 is 1.70 bits per heavy atom. The average Bonchev–Trinajstić information content (AvgIpc) is 1.88. The molecular weight excluding hydrogens is 120 g/mol. The zero-order valence-corrected chi connectivity index (χ0v) is 7.41. The summed E-state index contributed by atoms with van der Waals surface area (Å²) in [6.45, 7) is 16.8. The van der Waals surface area contributed by atoms with E-state index in [-0.39, 0.29) is 0 Å². The maximum atomic E-state index is 3.77. The smallest absolute Gasteiger partial charge is 0.0311 e. The molecule has 0 nitrogen and oxygen atoms in total. The third-order valence-electron chi connectivity index (χ3n) is 1.03. The molecule has 0 aromatic rings. The summed E-state index contributed by atoms with van der Waals surface area (Å²) in [5, 5.41) is 0. The summed E-state index contributed by atoms with van der Waals surface area (Å²) in [5.41, 5.74) is 2.25. The van der Waals surface area contributed by atoms with Gasteiger partial charge in [-0.3, -0.25) is 0 Å². The van der Waals surface area contributed by atoms with Crippen LogP contribution < -0.4 is 0 Å². The molecular formula is C10H18. The fraction of sp³-hybridized carbons (Fsp3) is 0.400. The Bertz CT molecular complexity index is 118. The molecule has 0 saturated heterocycles. The average molecular weight is 138 g/mol. The lowest BCUT2D eigenvalue weighted by molar-refractivity contribution is 1.12. The molecule has 0 aliphatic carbocycles. The minimum Gasteiger partial charge on any atom is -0.103 e. The Hall–Kier alpha value is -0.780. The molecule has 0 amide bonds. The van der Waals surface area contributed by atoms with Crippen LogP contribution in [-0.2, 0) is 0 Å². The van der Waals surface area contributed by atoms with Gasteiger partial charge in [-0.2, -0.15) is 0 Å². The van der Waals surface area contributed by atoms with E-state index in [1.165, 1.54) is 0 Å². The van der Waals surface area contributed by atoms with Gasteiger partial charge in [0.05, 0.1) is 0 Å². The van der Waals surface area contributed by atoms with Crippen LogP contribution in [0.5, 0.6) is 0 Å². The van der Waals surface area contributed by atoms with Crippen molar-refractivity contribution in [3.05, 3.63) is 37.0 Å². The third-order valence-corrected chi connectivity index (χ3v) is 1.03. The first-order valence-electron chi connectivity index (χ1n) is 3.50. The largest absolute Gasteiger partial charge is 0.103 e. The Morgan fingerprint density at radius 2 is 1.70 bits per heavy atom. The van der Waals surface area contributed by atoms with E-state index in [0.717, 1.165) is 17.6 Å². The highest BCUT2D eigenvalue weighted by Crippen LogP contribution is 2.05. The Kier molecular flexibility index (Phi) is 9.82. The normalized spacial score (nSPS) is 7.10. The van der Waals surface area contributed by atoms with Crippen LogP contribution in [-0.4, -0.2) is 0 Å². The van der Waals surface area contributed by atoms with Gasteiger partial charge >= 0.3 is 0 Å². The summed E-state index contributed by atoms with van der Waals surface area (Å²) in [6, 6.07) is 0. The second-order valence-corrected chi connectivity index (χ2v) is 2.15. The van der Waals surface area contributed by atoms with Crippen molar-refractivity contribution in [3.8, 4) is 0 Å². The maximum Gasteiger partial charge on any atom is -0.0311 e. The molecule has 0 aromatic heterocycles. The zero-order valence-electron chi connectivity index (χ0n) is 7.41. The predicted molar refractivity (Wildman–Crippen MR) is 50.1 cm³/mol. The number of hydrogen-bond acceptors (Lipinski definition) is 0. The Labute approximate surface area is 65.0 Å². The van der Waals surface area contributed by atoms with Crippen LogP contribution in [0.25, 0.3) is 0 Å². The lowest BCUT2D eigenvalue weighted by atomic mass is 10.1. The van der Waals surface area contributed by atoms with Crippen molar-refractivity contribution in [1.29, 1.82) is 0 Å². The van der Waals surface area contributed by atoms with Gasteiger partial charge in [0.1, 0.15) is 0 Å². The molecule has 0 aromatic carbocycles. The van der Waals surface area contributed by atoms with Crippen molar-refractivity contribution < 1.29 is 0 Å². The van der Waals surface area contributed by atoms with Gasteiger partial charge in [-0.15, -0.1) is 6.58 Å². The highest BCUT2D eigenvalue weighted by atomic mass is 13.9. The molecule has 0 spiro atoms. The summed E-state index contributed by atoms with van der Waals surface area (Å²) in [7, 11) is 0. The molecule has 0 bridgehead atoms. The highest BCUT2D eigenvalue weighted by molar-refractivity contribution is 5.21. The van der Waals surface area contributed by atoms with Gasteiger partial charge < -0.3 is 0 Å². The van der Waals surface area contributed by atoms with E-state index in [1.54, 1.807) is 6.08 Å². The lowest BCUT2D eigenvalue weighted by Crippen LogP contribution is -1.74. The number of rotatable bonds is 2. The molecule has 0 N–H and O–H groups in total. The van der Waals surface area contributed by atoms with E-state index >= 15 is 0 Å². The molecule has 0 fully saturated rings. The van der Waals surface area contributed by atoms with E-state index in [1.807, 2.05) is 13.8 Å². The maximum absolute atomic E-state index is 3.77. The van der Waals surface area contributed by atoms with Crippen LogP contribution in [0.4, 0.5) is 0 Å². The van der Waals surface area contributed by atoms with Crippen molar-refractivity contribution in [1.82, 2.24) is 0 Å². The molecule has 0 heteroatoms. The van der Waals surface area contributed by atoms with Gasteiger partial charge in [-0.05, 0) is 20.3 Å². The monoisotopic (exact) mass is 138 g/mol. The van der Waals surface area contributed by atoms with Crippen molar-refractivity contribution in [2.45, 2.75) is 27.2 Å². The molecule has 0 radical (unpaired) electrons. The number of allylic oxidation sites excluding steroid dienone is 3. The van der Waals surface area contributed by atoms with Crippen LogP contribution in [0.2, 0.25) is 0 Å². The van der Waals surface area contributed by atoms with Crippen LogP contribution >= 0.6 is 0 Å². The molecule has 0 unspecified atom stereocenters. The molecule has 0 heterocycles. The van der Waals surface area contributed by atoms with Gasteiger partial charge in [0.2, 0.25) is 0 Å². The van der Waals surface area contributed by atoms with Crippen molar-refractivity contribution in [2.75, 3.05) is 0 Å². The van der Waals surface area contributed by atoms with Gasteiger partial charge in [0, 0.05) is 0 Å². The third kappa shape index (κ3) is 10.3. The number of hydrogen-bond donors (Lipinski definition) is 0. The molecule has 58 valence electrons. The van der Waals surface area contributed by atoms with Crippen molar-refractivity contribution >= 4 is 0 Å². The highest BCUT2D eigenvalue weighted by Gasteiger charge is 1.85. The summed E-state index contributed by atoms with van der Waals surface area (Å²) in [4.78, 5) is 0. The molecule has 0 saturated carbocycles. The summed E-state index contributed by atoms with van der Waals surface area (Å²) >= 11 is 0. The predicted octanol–water partition coefficient (Wildman–Crippen LogP) is 3.72. The molecule has 0 rings (SSSR count). The van der Waals surface area contributed by atoms with Gasteiger partial charge in [0.25, 0.3) is 0 Å².